The molecule has 0 amide bonds. The van der Waals surface area contributed by atoms with Crippen molar-refractivity contribution in [3.63, 3.8) is 0 Å². The van der Waals surface area contributed by atoms with Gasteiger partial charge in [0.2, 0.25) is 0 Å². The fourth-order valence-electron chi connectivity index (χ4n) is 1.32. The first kappa shape index (κ1) is 13.6. The Hall–Kier alpha value is -0.850. The second kappa shape index (κ2) is 5.86. The monoisotopic (exact) mass is 391 g/mol. The number of methoxy groups -OCH3 is 1. The van der Waals surface area contributed by atoms with Crippen LogP contribution in [0.25, 0.3) is 0 Å². The molecule has 4 nitrogen and oxygen atoms in total. The Labute approximate surface area is 126 Å². The van der Waals surface area contributed by atoms with Gasteiger partial charge < -0.3 is 10.1 Å². The third-order valence-electron chi connectivity index (χ3n) is 2.14. The number of halogens is 3. The predicted molar refractivity (Wildman–Crippen MR) is 78.7 cm³/mol. The van der Waals surface area contributed by atoms with Gasteiger partial charge in [0.15, 0.2) is 0 Å². The number of ether oxygens (including phenoxy) is 1. The molecule has 1 aromatic carbocycles. The molecule has 0 aliphatic rings. The number of nitrogens with one attached hydrogen (secondary N) is 1. The zero-order chi connectivity index (χ0) is 13.1. The Morgan fingerprint density at radius 2 is 1.94 bits per heavy atom. The van der Waals surface area contributed by atoms with Gasteiger partial charge in [0.1, 0.15) is 23.0 Å². The predicted octanol–water partition coefficient (Wildman–Crippen LogP) is 4.41. The van der Waals surface area contributed by atoms with Crippen molar-refractivity contribution in [2.75, 3.05) is 12.4 Å². The summed E-state index contributed by atoms with van der Waals surface area (Å²) in [6.45, 7) is 0. The van der Waals surface area contributed by atoms with E-state index < -0.39 is 0 Å². The van der Waals surface area contributed by atoms with E-state index in [1.807, 2.05) is 12.1 Å². The zero-order valence-corrected chi connectivity index (χ0v) is 13.2. The van der Waals surface area contributed by atoms with Gasteiger partial charge in [0.05, 0.1) is 17.3 Å². The Kier molecular flexibility index (Phi) is 4.42. The van der Waals surface area contributed by atoms with Crippen LogP contribution in [0.2, 0.25) is 5.15 Å². The molecule has 0 atom stereocenters. The smallest absolute Gasteiger partial charge is 0.135 e. The SMILES string of the molecule is COc1cc(Nc2cc(Cl)ncn2)c(Br)cc1Br. The van der Waals surface area contributed by atoms with Gasteiger partial charge in [-0.1, -0.05) is 11.6 Å². The van der Waals surface area contributed by atoms with Crippen LogP contribution >= 0.6 is 43.5 Å². The molecule has 7 heteroatoms. The van der Waals surface area contributed by atoms with E-state index in [0.717, 1.165) is 20.4 Å². The van der Waals surface area contributed by atoms with Crippen LogP contribution in [0.4, 0.5) is 11.5 Å². The maximum atomic E-state index is 5.80. The van der Waals surface area contributed by atoms with Crippen molar-refractivity contribution in [3.8, 4) is 5.75 Å². The average Bonchev–Trinajstić information content (AvgIpc) is 2.33. The Morgan fingerprint density at radius 1 is 1.17 bits per heavy atom. The molecule has 18 heavy (non-hydrogen) atoms. The summed E-state index contributed by atoms with van der Waals surface area (Å²) in [7, 11) is 1.61. The van der Waals surface area contributed by atoms with Crippen molar-refractivity contribution in [1.29, 1.82) is 0 Å². The molecule has 1 aromatic heterocycles. The summed E-state index contributed by atoms with van der Waals surface area (Å²) in [5.74, 6) is 1.33. The summed E-state index contributed by atoms with van der Waals surface area (Å²) in [5.41, 5.74) is 0.824. The van der Waals surface area contributed by atoms with Gasteiger partial charge in [-0.2, -0.15) is 0 Å². The number of hydrogen-bond donors (Lipinski definition) is 1. The minimum absolute atomic E-state index is 0.382. The summed E-state index contributed by atoms with van der Waals surface area (Å²) in [6, 6.07) is 5.39. The van der Waals surface area contributed by atoms with E-state index in [-0.39, 0.29) is 0 Å². The maximum absolute atomic E-state index is 5.80. The average molecular weight is 393 g/mol. The zero-order valence-electron chi connectivity index (χ0n) is 9.25. The lowest BCUT2D eigenvalue weighted by molar-refractivity contribution is 0.412. The summed E-state index contributed by atoms with van der Waals surface area (Å²) >= 11 is 12.7. The molecular weight excluding hydrogens is 385 g/mol. The second-order valence-corrected chi connectivity index (χ2v) is 5.41. The highest BCUT2D eigenvalue weighted by molar-refractivity contribution is 9.11. The molecule has 2 aromatic rings. The van der Waals surface area contributed by atoms with E-state index in [9.17, 15) is 0 Å². The van der Waals surface area contributed by atoms with Crippen LogP contribution in [0, 0.1) is 0 Å². The molecular formula is C11H8Br2ClN3O. The summed E-state index contributed by atoms with van der Waals surface area (Å²) in [6.07, 6.45) is 1.40. The molecule has 0 saturated heterocycles. The van der Waals surface area contributed by atoms with Crippen LogP contribution in [0.5, 0.6) is 5.75 Å². The fourth-order valence-corrected chi connectivity index (χ4v) is 2.72. The molecule has 0 radical (unpaired) electrons. The molecule has 0 spiro atoms. The standard InChI is InChI=1S/C11H8Br2ClN3O/c1-18-9-3-8(6(12)2-7(9)13)17-11-4-10(14)15-5-16-11/h2-5H,1H3,(H,15,16,17). The second-order valence-electron chi connectivity index (χ2n) is 3.32. The van der Waals surface area contributed by atoms with E-state index in [1.165, 1.54) is 6.33 Å². The van der Waals surface area contributed by atoms with Crippen molar-refractivity contribution in [2.45, 2.75) is 0 Å². The van der Waals surface area contributed by atoms with Gasteiger partial charge in [0.25, 0.3) is 0 Å². The first-order valence-electron chi connectivity index (χ1n) is 4.87. The molecule has 0 saturated carbocycles. The summed E-state index contributed by atoms with van der Waals surface area (Å²) in [4.78, 5) is 7.90. The number of rotatable bonds is 3. The Morgan fingerprint density at radius 3 is 2.61 bits per heavy atom. The van der Waals surface area contributed by atoms with Crippen molar-refractivity contribution in [2.24, 2.45) is 0 Å². The minimum Gasteiger partial charge on any atom is -0.495 e. The topological polar surface area (TPSA) is 47.0 Å². The van der Waals surface area contributed by atoms with Crippen LogP contribution < -0.4 is 10.1 Å². The highest BCUT2D eigenvalue weighted by Crippen LogP contribution is 2.35. The van der Waals surface area contributed by atoms with Crippen molar-refractivity contribution in [1.82, 2.24) is 9.97 Å². The number of anilines is 2. The van der Waals surface area contributed by atoms with Gasteiger partial charge in [-0.3, -0.25) is 0 Å². The first-order chi connectivity index (χ1) is 8.60. The molecule has 1 heterocycles. The van der Waals surface area contributed by atoms with E-state index in [4.69, 9.17) is 16.3 Å². The number of aromatic nitrogens is 2. The Bertz CT molecular complexity index is 580. The van der Waals surface area contributed by atoms with E-state index in [0.29, 0.717) is 11.0 Å². The highest BCUT2D eigenvalue weighted by Gasteiger charge is 2.08. The third kappa shape index (κ3) is 3.13. The molecule has 2 rings (SSSR count). The van der Waals surface area contributed by atoms with Crippen molar-refractivity contribution in [3.05, 3.63) is 38.6 Å². The van der Waals surface area contributed by atoms with Crippen LogP contribution in [0.1, 0.15) is 0 Å². The quantitative estimate of drug-likeness (QED) is 0.785. The van der Waals surface area contributed by atoms with Crippen LogP contribution in [0.15, 0.2) is 33.5 Å². The Balaban J connectivity index is 2.34. The van der Waals surface area contributed by atoms with Crippen LogP contribution in [-0.4, -0.2) is 17.1 Å². The fraction of sp³-hybridized carbons (Fsp3) is 0.0909. The number of hydrogen-bond acceptors (Lipinski definition) is 4. The molecule has 1 N–H and O–H groups in total. The van der Waals surface area contributed by atoms with E-state index in [2.05, 4.69) is 47.1 Å². The normalized spacial score (nSPS) is 10.2. The van der Waals surface area contributed by atoms with E-state index >= 15 is 0 Å². The van der Waals surface area contributed by atoms with E-state index in [1.54, 1.807) is 13.2 Å². The molecule has 0 aliphatic heterocycles. The molecule has 0 unspecified atom stereocenters. The molecule has 94 valence electrons. The first-order valence-corrected chi connectivity index (χ1v) is 6.84. The van der Waals surface area contributed by atoms with Gasteiger partial charge in [-0.15, -0.1) is 0 Å². The maximum Gasteiger partial charge on any atom is 0.135 e. The van der Waals surface area contributed by atoms with Gasteiger partial charge in [0, 0.05) is 16.6 Å². The van der Waals surface area contributed by atoms with Gasteiger partial charge >= 0.3 is 0 Å². The van der Waals surface area contributed by atoms with Gasteiger partial charge in [-0.05, 0) is 37.9 Å². The summed E-state index contributed by atoms with van der Waals surface area (Å²) in [5, 5.41) is 3.51. The number of nitrogens with zero attached hydrogens (tertiary/aromatic N) is 2. The minimum atomic E-state index is 0.382. The summed E-state index contributed by atoms with van der Waals surface area (Å²) < 4.78 is 6.98. The lowest BCUT2D eigenvalue weighted by atomic mass is 10.3. The largest absolute Gasteiger partial charge is 0.495 e. The van der Waals surface area contributed by atoms with Gasteiger partial charge in [-0.25, -0.2) is 9.97 Å². The molecule has 0 bridgehead atoms. The highest BCUT2D eigenvalue weighted by atomic mass is 79.9. The third-order valence-corrected chi connectivity index (χ3v) is 3.62. The van der Waals surface area contributed by atoms with Crippen molar-refractivity contribution < 1.29 is 4.74 Å². The molecule has 0 aliphatic carbocycles. The number of benzene rings is 1. The lowest BCUT2D eigenvalue weighted by Crippen LogP contribution is -1.96. The molecule has 0 fully saturated rings. The van der Waals surface area contributed by atoms with Crippen LogP contribution in [-0.2, 0) is 0 Å². The van der Waals surface area contributed by atoms with Crippen molar-refractivity contribution >= 4 is 55.0 Å². The van der Waals surface area contributed by atoms with Crippen LogP contribution in [0.3, 0.4) is 0 Å². The lowest BCUT2D eigenvalue weighted by Gasteiger charge is -2.11.